The third-order valence-electron chi connectivity index (χ3n) is 5.05. The minimum absolute atomic E-state index is 0.0224. The lowest BCUT2D eigenvalue weighted by atomic mass is 10.1. The Morgan fingerprint density at radius 2 is 1.52 bits per heavy atom. The molecule has 0 amide bonds. The topological polar surface area (TPSA) is 73.2 Å². The minimum Gasteiger partial charge on any atom is -0.457 e. The van der Waals surface area contributed by atoms with Crippen LogP contribution in [-0.2, 0) is 4.74 Å². The maximum Gasteiger partial charge on any atom is 0.137 e. The number of nitrogens with zero attached hydrogens (tertiary/aromatic N) is 3. The average molecular weight is 431 g/mol. The Morgan fingerprint density at radius 1 is 0.848 bits per heavy atom. The van der Waals surface area contributed by atoms with E-state index in [0.717, 1.165) is 22.2 Å². The second kappa shape index (κ2) is 9.60. The zero-order chi connectivity index (χ0) is 23.2. The number of rotatable bonds is 5. The molecule has 0 atom stereocenters. The van der Waals surface area contributed by atoms with Crippen molar-refractivity contribution in [1.82, 2.24) is 0 Å². The molecule has 3 aromatic rings. The summed E-state index contributed by atoms with van der Waals surface area (Å²) < 4.78 is 11.8. The highest BCUT2D eigenvalue weighted by atomic mass is 16.5. The number of nitriles is 2. The summed E-state index contributed by atoms with van der Waals surface area (Å²) in [6.45, 7) is 0. The lowest BCUT2D eigenvalue weighted by Crippen LogP contribution is -2.07. The molecule has 0 N–H and O–H groups in total. The van der Waals surface area contributed by atoms with Gasteiger partial charge in [-0.05, 0) is 60.2 Å². The molecule has 0 bridgehead atoms. The molecule has 2 heterocycles. The normalized spacial score (nSPS) is 13.4. The van der Waals surface area contributed by atoms with Gasteiger partial charge in [-0.15, -0.1) is 0 Å². The first-order valence-corrected chi connectivity index (χ1v) is 10.3. The van der Waals surface area contributed by atoms with Crippen LogP contribution < -0.4 is 4.90 Å². The Kier molecular flexibility index (Phi) is 6.25. The summed E-state index contributed by atoms with van der Waals surface area (Å²) in [6.07, 6.45) is 10.7. The van der Waals surface area contributed by atoms with Gasteiger partial charge in [0, 0.05) is 30.7 Å². The van der Waals surface area contributed by atoms with E-state index < -0.39 is 0 Å². The Balaban J connectivity index is 1.60. The van der Waals surface area contributed by atoms with E-state index in [9.17, 15) is 10.5 Å². The number of benzene rings is 2. The van der Waals surface area contributed by atoms with Gasteiger partial charge in [0.05, 0.1) is 0 Å². The van der Waals surface area contributed by atoms with Crippen molar-refractivity contribution in [2.45, 2.75) is 0 Å². The van der Waals surface area contributed by atoms with E-state index in [1.54, 1.807) is 24.3 Å². The lowest BCUT2D eigenvalue weighted by Gasteiger charge is -2.14. The number of para-hydroxylation sites is 1. The molecule has 0 saturated heterocycles. The number of hydrogen-bond donors (Lipinski definition) is 0. The molecule has 1 aliphatic rings. The monoisotopic (exact) mass is 431 g/mol. The fourth-order valence-corrected chi connectivity index (χ4v) is 3.32. The molecule has 0 spiro atoms. The highest BCUT2D eigenvalue weighted by Crippen LogP contribution is 2.26. The molecule has 5 nitrogen and oxygen atoms in total. The molecule has 1 aromatic heterocycles. The van der Waals surface area contributed by atoms with E-state index in [0.29, 0.717) is 22.9 Å². The lowest BCUT2D eigenvalue weighted by molar-refractivity contribution is 0.332. The summed E-state index contributed by atoms with van der Waals surface area (Å²) in [5, 5.41) is 19.7. The maximum atomic E-state index is 9.33. The molecular formula is C28H21N3O2. The second-order valence-electron chi connectivity index (χ2n) is 7.59. The smallest absolute Gasteiger partial charge is 0.137 e. The number of furan rings is 1. The molecule has 160 valence electrons. The van der Waals surface area contributed by atoms with Crippen molar-refractivity contribution in [2.75, 3.05) is 19.0 Å². The molecule has 0 aliphatic carbocycles. The van der Waals surface area contributed by atoms with Crippen molar-refractivity contribution in [1.29, 1.82) is 10.5 Å². The van der Waals surface area contributed by atoms with Crippen LogP contribution in [-0.4, -0.2) is 14.1 Å². The zero-order valence-electron chi connectivity index (χ0n) is 18.3. The summed E-state index contributed by atoms with van der Waals surface area (Å²) in [5.41, 5.74) is 3.44. The van der Waals surface area contributed by atoms with Gasteiger partial charge >= 0.3 is 0 Å². The van der Waals surface area contributed by atoms with E-state index in [1.165, 1.54) is 0 Å². The third kappa shape index (κ3) is 5.12. The van der Waals surface area contributed by atoms with Crippen LogP contribution in [0.2, 0.25) is 0 Å². The first kappa shape index (κ1) is 21.5. The molecule has 5 heteroatoms. The van der Waals surface area contributed by atoms with Crippen molar-refractivity contribution < 1.29 is 9.15 Å². The molecule has 1 aliphatic heterocycles. The first-order chi connectivity index (χ1) is 16.1. The van der Waals surface area contributed by atoms with Crippen molar-refractivity contribution >= 4 is 28.8 Å². The van der Waals surface area contributed by atoms with Gasteiger partial charge in [-0.2, -0.15) is 10.5 Å². The van der Waals surface area contributed by atoms with Crippen molar-refractivity contribution in [2.24, 2.45) is 0 Å². The van der Waals surface area contributed by atoms with Crippen LogP contribution >= 0.6 is 0 Å². The standard InChI is InChI=1S/C28H21N3O2/c1-31(2)24-10-7-20(8-11-24)9-12-25-16-22(23(18-29)19-30)17-26(32-25)13-14-27-15-21-5-3-4-6-28(21)33-27/h3-17H,1-2H3/b12-9+,14-13+. The van der Waals surface area contributed by atoms with Crippen LogP contribution in [0.3, 0.4) is 0 Å². The largest absolute Gasteiger partial charge is 0.457 e. The van der Waals surface area contributed by atoms with Crippen LogP contribution in [0, 0.1) is 22.7 Å². The second-order valence-corrected chi connectivity index (χ2v) is 7.59. The molecule has 33 heavy (non-hydrogen) atoms. The van der Waals surface area contributed by atoms with Crippen LogP contribution in [0.25, 0.3) is 23.1 Å². The summed E-state index contributed by atoms with van der Waals surface area (Å²) in [5.74, 6) is 1.70. The number of hydrogen-bond acceptors (Lipinski definition) is 5. The molecule has 2 aromatic carbocycles. The van der Waals surface area contributed by atoms with Crippen LogP contribution in [0.15, 0.2) is 106 Å². The van der Waals surface area contributed by atoms with E-state index in [1.807, 2.05) is 97.9 Å². The summed E-state index contributed by atoms with van der Waals surface area (Å²) >= 11 is 0. The minimum atomic E-state index is 0.0224. The molecule has 0 saturated carbocycles. The average Bonchev–Trinajstić information content (AvgIpc) is 3.26. The SMILES string of the molecule is CN(C)c1ccc(/C=C/C2=CC(=C(C#N)C#N)C=C(/C=C/c3cc4ccccc4o3)O2)cc1. The molecular weight excluding hydrogens is 410 g/mol. The van der Waals surface area contributed by atoms with E-state index >= 15 is 0 Å². The summed E-state index contributed by atoms with van der Waals surface area (Å²) in [6, 6.07) is 21.7. The van der Waals surface area contributed by atoms with E-state index in [4.69, 9.17) is 9.15 Å². The number of allylic oxidation sites excluding steroid dienone is 6. The van der Waals surface area contributed by atoms with Crippen molar-refractivity contribution in [3.05, 3.63) is 113 Å². The zero-order valence-corrected chi connectivity index (χ0v) is 18.3. The highest BCUT2D eigenvalue weighted by molar-refractivity contribution is 5.79. The number of fused-ring (bicyclic) bond motifs is 1. The molecule has 0 radical (unpaired) electrons. The van der Waals surface area contributed by atoms with Crippen LogP contribution in [0.1, 0.15) is 11.3 Å². The van der Waals surface area contributed by atoms with E-state index in [2.05, 4.69) is 0 Å². The summed E-state index contributed by atoms with van der Waals surface area (Å²) in [7, 11) is 3.99. The third-order valence-corrected chi connectivity index (χ3v) is 5.05. The fourth-order valence-electron chi connectivity index (χ4n) is 3.32. The molecule has 4 rings (SSSR count). The van der Waals surface area contributed by atoms with Crippen LogP contribution in [0.4, 0.5) is 5.69 Å². The van der Waals surface area contributed by atoms with Gasteiger partial charge in [-0.1, -0.05) is 36.4 Å². The Hall–Kier alpha value is -4.74. The maximum absolute atomic E-state index is 9.33. The first-order valence-electron chi connectivity index (χ1n) is 10.3. The predicted octanol–water partition coefficient (Wildman–Crippen LogP) is 6.37. The van der Waals surface area contributed by atoms with Crippen molar-refractivity contribution in [3.8, 4) is 12.1 Å². The van der Waals surface area contributed by atoms with Gasteiger partial charge in [0.15, 0.2) is 0 Å². The van der Waals surface area contributed by atoms with Gasteiger partial charge in [0.2, 0.25) is 0 Å². The van der Waals surface area contributed by atoms with Gasteiger partial charge in [0.1, 0.15) is 40.6 Å². The Labute approximate surface area is 192 Å². The number of anilines is 1. The van der Waals surface area contributed by atoms with Crippen LogP contribution in [0.5, 0.6) is 0 Å². The quantitative estimate of drug-likeness (QED) is 0.439. The Bertz CT molecular complexity index is 1370. The van der Waals surface area contributed by atoms with E-state index in [-0.39, 0.29) is 5.57 Å². The van der Waals surface area contributed by atoms with Gasteiger partial charge in [-0.3, -0.25) is 0 Å². The van der Waals surface area contributed by atoms with Crippen molar-refractivity contribution in [3.63, 3.8) is 0 Å². The number of ether oxygens (including phenoxy) is 1. The molecule has 0 fully saturated rings. The van der Waals surface area contributed by atoms with Gasteiger partial charge in [0.25, 0.3) is 0 Å². The van der Waals surface area contributed by atoms with Gasteiger partial charge < -0.3 is 14.1 Å². The summed E-state index contributed by atoms with van der Waals surface area (Å²) in [4.78, 5) is 2.04. The van der Waals surface area contributed by atoms with Gasteiger partial charge in [-0.25, -0.2) is 0 Å². The predicted molar refractivity (Wildman–Crippen MR) is 131 cm³/mol. The highest BCUT2D eigenvalue weighted by Gasteiger charge is 2.12. The fraction of sp³-hybridized carbons (Fsp3) is 0.0714. The molecule has 0 unspecified atom stereocenters. The Morgan fingerprint density at radius 3 is 2.15 bits per heavy atom.